The number of H-pyrrole nitrogens is 1. The fraction of sp³-hybridized carbons (Fsp3) is 0.500. The van der Waals surface area contributed by atoms with Crippen LogP contribution in [0.2, 0.25) is 0 Å². The van der Waals surface area contributed by atoms with Crippen LogP contribution >= 0.6 is 0 Å². The van der Waals surface area contributed by atoms with E-state index in [1.54, 1.807) is 4.90 Å². The van der Waals surface area contributed by atoms with Gasteiger partial charge in [0.1, 0.15) is 11.3 Å². The largest absolute Gasteiger partial charge is 0.444 e. The minimum atomic E-state index is -0.500. The molecule has 0 radical (unpaired) electrons. The topological polar surface area (TPSA) is 76.0 Å². The van der Waals surface area contributed by atoms with Gasteiger partial charge in [-0.25, -0.2) is 4.79 Å². The molecule has 0 atom stereocenters. The third-order valence-electron chi connectivity index (χ3n) is 4.51. The lowest BCUT2D eigenvalue weighted by atomic mass is 10.0. The average Bonchev–Trinajstić information content (AvgIpc) is 3.05. The highest BCUT2D eigenvalue weighted by Gasteiger charge is 2.32. The Labute approximate surface area is 146 Å². The van der Waals surface area contributed by atoms with Crippen molar-refractivity contribution in [3.8, 4) is 11.4 Å². The fourth-order valence-corrected chi connectivity index (χ4v) is 3.48. The second-order valence-electron chi connectivity index (χ2n) is 7.77. The molecule has 4 heterocycles. The van der Waals surface area contributed by atoms with Crippen LogP contribution in [0.4, 0.5) is 4.79 Å². The third-order valence-corrected chi connectivity index (χ3v) is 4.51. The van der Waals surface area contributed by atoms with Gasteiger partial charge in [-0.3, -0.25) is 9.78 Å². The number of aromatic amines is 1. The molecule has 0 fully saturated rings. The molecule has 2 aliphatic rings. The molecular weight excluding hydrogens is 318 g/mol. The number of aromatic nitrogens is 4. The monoisotopic (exact) mass is 341 g/mol. The van der Waals surface area contributed by atoms with Gasteiger partial charge in [0.15, 0.2) is 0 Å². The first-order chi connectivity index (χ1) is 11.8. The number of fused-ring (bicyclic) bond motifs is 5. The summed E-state index contributed by atoms with van der Waals surface area (Å²) in [6.07, 6.45) is 3.16. The summed E-state index contributed by atoms with van der Waals surface area (Å²) in [6, 6.07) is 0. The molecule has 4 rings (SSSR count). The van der Waals surface area contributed by atoms with E-state index in [1.165, 1.54) is 0 Å². The van der Waals surface area contributed by atoms with Gasteiger partial charge in [-0.2, -0.15) is 10.2 Å². The van der Waals surface area contributed by atoms with Gasteiger partial charge in [0, 0.05) is 30.3 Å². The van der Waals surface area contributed by atoms with Gasteiger partial charge in [0.05, 0.1) is 24.5 Å². The van der Waals surface area contributed by atoms with Crippen molar-refractivity contribution >= 4 is 6.09 Å². The molecule has 132 valence electrons. The molecule has 0 aliphatic carbocycles. The van der Waals surface area contributed by atoms with E-state index in [9.17, 15) is 4.79 Å². The molecule has 2 aliphatic heterocycles. The van der Waals surface area contributed by atoms with Crippen LogP contribution in [0.25, 0.3) is 11.4 Å². The highest BCUT2D eigenvalue weighted by molar-refractivity contribution is 5.71. The number of hydrogen-bond donors (Lipinski definition) is 1. The Hall–Kier alpha value is -2.57. The summed E-state index contributed by atoms with van der Waals surface area (Å²) < 4.78 is 7.52. The highest BCUT2D eigenvalue weighted by atomic mass is 16.6. The summed E-state index contributed by atoms with van der Waals surface area (Å²) in [5.41, 5.74) is 5.75. The van der Waals surface area contributed by atoms with Crippen LogP contribution in [0, 0.1) is 0 Å². The van der Waals surface area contributed by atoms with Crippen molar-refractivity contribution in [2.45, 2.75) is 52.3 Å². The zero-order chi connectivity index (χ0) is 17.8. The highest BCUT2D eigenvalue weighted by Crippen LogP contribution is 2.35. The minimum Gasteiger partial charge on any atom is -0.444 e. The average molecular weight is 341 g/mol. The van der Waals surface area contributed by atoms with Crippen LogP contribution in [0.1, 0.15) is 37.6 Å². The molecule has 7 nitrogen and oxygen atoms in total. The van der Waals surface area contributed by atoms with E-state index < -0.39 is 5.60 Å². The number of carbonyl (C=O) groups is 1. The van der Waals surface area contributed by atoms with Crippen molar-refractivity contribution in [3.63, 3.8) is 0 Å². The normalized spacial score (nSPS) is 16.8. The second kappa shape index (κ2) is 5.47. The molecular formula is C18H23N5O2. The zero-order valence-corrected chi connectivity index (χ0v) is 14.9. The maximum absolute atomic E-state index is 12.5. The van der Waals surface area contributed by atoms with Crippen LogP contribution in [-0.2, 0) is 30.7 Å². The molecule has 2 aromatic rings. The number of hydrogen-bond acceptors (Lipinski definition) is 4. The number of nitrogens with zero attached hydrogens (tertiary/aromatic N) is 4. The van der Waals surface area contributed by atoms with Crippen molar-refractivity contribution in [1.82, 2.24) is 24.9 Å². The van der Waals surface area contributed by atoms with Crippen LogP contribution in [0.5, 0.6) is 0 Å². The number of carbonyl (C=O) groups excluding carboxylic acids is 1. The third kappa shape index (κ3) is 2.83. The number of amides is 1. The lowest BCUT2D eigenvalue weighted by Crippen LogP contribution is -2.39. The maximum atomic E-state index is 12.5. The van der Waals surface area contributed by atoms with Gasteiger partial charge in [-0.1, -0.05) is 12.2 Å². The Balaban J connectivity index is 1.71. The molecule has 0 spiro atoms. The molecule has 25 heavy (non-hydrogen) atoms. The van der Waals surface area contributed by atoms with Gasteiger partial charge in [0.2, 0.25) is 0 Å². The van der Waals surface area contributed by atoms with E-state index in [0.717, 1.165) is 46.6 Å². The van der Waals surface area contributed by atoms with Crippen molar-refractivity contribution < 1.29 is 9.53 Å². The summed E-state index contributed by atoms with van der Waals surface area (Å²) in [7, 11) is 0. The van der Waals surface area contributed by atoms with E-state index in [0.29, 0.717) is 19.6 Å². The smallest absolute Gasteiger partial charge is 0.410 e. The van der Waals surface area contributed by atoms with Gasteiger partial charge in [-0.05, 0) is 27.2 Å². The molecule has 0 aromatic carbocycles. The van der Waals surface area contributed by atoms with Crippen LogP contribution in [0.3, 0.4) is 0 Å². The zero-order valence-electron chi connectivity index (χ0n) is 14.9. The summed E-state index contributed by atoms with van der Waals surface area (Å²) in [6.45, 7) is 11.6. The first-order valence-electron chi connectivity index (χ1n) is 8.58. The van der Waals surface area contributed by atoms with Crippen molar-refractivity contribution in [2.24, 2.45) is 0 Å². The second-order valence-corrected chi connectivity index (χ2v) is 7.77. The first-order valence-corrected chi connectivity index (χ1v) is 8.58. The van der Waals surface area contributed by atoms with E-state index in [-0.39, 0.29) is 6.09 Å². The van der Waals surface area contributed by atoms with E-state index >= 15 is 0 Å². The van der Waals surface area contributed by atoms with E-state index in [2.05, 4.69) is 16.8 Å². The molecule has 1 amide bonds. The molecule has 2 aromatic heterocycles. The number of nitrogens with one attached hydrogen (secondary N) is 1. The number of rotatable bonds is 0. The summed E-state index contributed by atoms with van der Waals surface area (Å²) in [5.74, 6) is 0. The summed E-state index contributed by atoms with van der Waals surface area (Å²) >= 11 is 0. The number of ether oxygens (including phenoxy) is 1. The quantitative estimate of drug-likeness (QED) is 0.748. The summed E-state index contributed by atoms with van der Waals surface area (Å²) in [5, 5.41) is 12.2. The van der Waals surface area contributed by atoms with Crippen molar-refractivity contribution in [3.05, 3.63) is 35.2 Å². The Morgan fingerprint density at radius 2 is 2.16 bits per heavy atom. The minimum absolute atomic E-state index is 0.279. The Morgan fingerprint density at radius 3 is 2.92 bits per heavy atom. The fourth-order valence-electron chi connectivity index (χ4n) is 3.48. The number of allylic oxidation sites excluding steroid dienone is 1. The van der Waals surface area contributed by atoms with Crippen LogP contribution in [0.15, 0.2) is 18.3 Å². The molecule has 0 unspecified atom stereocenters. The molecule has 0 saturated carbocycles. The Kier molecular flexibility index (Phi) is 3.49. The lowest BCUT2D eigenvalue weighted by Gasteiger charge is -2.29. The van der Waals surface area contributed by atoms with E-state index in [4.69, 9.17) is 9.84 Å². The van der Waals surface area contributed by atoms with Crippen molar-refractivity contribution in [1.29, 1.82) is 0 Å². The molecule has 7 heteroatoms. The van der Waals surface area contributed by atoms with Crippen LogP contribution < -0.4 is 0 Å². The maximum Gasteiger partial charge on any atom is 0.410 e. The lowest BCUT2D eigenvalue weighted by molar-refractivity contribution is 0.0224. The SMILES string of the molecule is C=C1Cc2c[nH]nc2-c2c3c(nn2C1)CCN(C(=O)OC(C)(C)C)C3. The molecule has 0 saturated heterocycles. The van der Waals surface area contributed by atoms with Gasteiger partial charge < -0.3 is 9.64 Å². The van der Waals surface area contributed by atoms with Gasteiger partial charge >= 0.3 is 6.09 Å². The Morgan fingerprint density at radius 1 is 1.36 bits per heavy atom. The van der Waals surface area contributed by atoms with Crippen LogP contribution in [-0.4, -0.2) is 43.1 Å². The van der Waals surface area contributed by atoms with Gasteiger partial charge in [0.25, 0.3) is 0 Å². The van der Waals surface area contributed by atoms with Crippen molar-refractivity contribution in [2.75, 3.05) is 6.54 Å². The predicted molar refractivity (Wildman–Crippen MR) is 93.0 cm³/mol. The first kappa shape index (κ1) is 15.9. The standard InChI is InChI=1S/C18H23N5O2/c1-11-7-12-8-19-20-15(12)16-13-10-22(17(24)25-18(2,3)4)6-5-14(13)21-23(16)9-11/h8H,1,5-7,9-10H2,2-4H3,(H,19,20). The van der Waals surface area contributed by atoms with Gasteiger partial charge in [-0.15, -0.1) is 0 Å². The Bertz CT molecular complexity index is 855. The predicted octanol–water partition coefficient (Wildman–Crippen LogP) is 2.68. The molecule has 1 N–H and O–H groups in total. The molecule has 0 bridgehead atoms. The van der Waals surface area contributed by atoms with E-state index in [1.807, 2.05) is 31.6 Å². The summed E-state index contributed by atoms with van der Waals surface area (Å²) in [4.78, 5) is 14.2.